The van der Waals surface area contributed by atoms with E-state index in [1.165, 1.54) is 18.9 Å². The zero-order valence-electron chi connectivity index (χ0n) is 16.2. The lowest BCUT2D eigenvalue weighted by Crippen LogP contribution is -2.28. The largest absolute Gasteiger partial charge is 0.465 e. The molecule has 0 spiro atoms. The Kier molecular flexibility index (Phi) is 5.77. The number of aliphatic imine (C=N–C) groups is 1. The first-order valence-electron chi connectivity index (χ1n) is 9.27. The molecular formula is C24H18N2O3S. The first-order valence-corrected chi connectivity index (χ1v) is 10.1. The Hall–Kier alpha value is -3.64. The van der Waals surface area contributed by atoms with Crippen LogP contribution in [0.3, 0.4) is 0 Å². The van der Waals surface area contributed by atoms with Gasteiger partial charge < -0.3 is 4.74 Å². The summed E-state index contributed by atoms with van der Waals surface area (Å²) < 4.78 is 4.73. The van der Waals surface area contributed by atoms with Crippen molar-refractivity contribution >= 4 is 46.3 Å². The van der Waals surface area contributed by atoms with E-state index in [9.17, 15) is 9.59 Å². The molecule has 3 aromatic carbocycles. The zero-order valence-corrected chi connectivity index (χ0v) is 17.0. The zero-order chi connectivity index (χ0) is 20.9. The standard InChI is InChI=1S/C24H18N2O3S/c1-29-23(28)18-14-12-17(13-15-18)16-21-22(27)26(20-10-6-3-7-11-20)24(30-21)25-19-8-4-2-5-9-19/h2-16H,1H3/b21-16-,25-24?. The van der Waals surface area contributed by atoms with Gasteiger partial charge in [-0.25, -0.2) is 9.79 Å². The van der Waals surface area contributed by atoms with Gasteiger partial charge >= 0.3 is 5.97 Å². The van der Waals surface area contributed by atoms with Crippen LogP contribution in [-0.2, 0) is 9.53 Å². The van der Waals surface area contributed by atoms with Crippen LogP contribution in [0.25, 0.3) is 6.08 Å². The maximum Gasteiger partial charge on any atom is 0.337 e. The molecule has 4 rings (SSSR count). The van der Waals surface area contributed by atoms with Crippen LogP contribution in [0.2, 0.25) is 0 Å². The lowest BCUT2D eigenvalue weighted by Gasteiger charge is -2.15. The van der Waals surface area contributed by atoms with E-state index >= 15 is 0 Å². The molecule has 1 heterocycles. The summed E-state index contributed by atoms with van der Waals surface area (Å²) in [6.07, 6.45) is 1.80. The summed E-state index contributed by atoms with van der Waals surface area (Å²) in [5.74, 6) is -0.536. The Labute approximate surface area is 178 Å². The molecule has 0 atom stereocenters. The van der Waals surface area contributed by atoms with Crippen LogP contribution in [0.5, 0.6) is 0 Å². The van der Waals surface area contributed by atoms with E-state index in [0.717, 1.165) is 16.9 Å². The Bertz CT molecular complexity index is 1120. The topological polar surface area (TPSA) is 59.0 Å². The summed E-state index contributed by atoms with van der Waals surface area (Å²) in [6, 6.07) is 25.9. The molecule has 0 bridgehead atoms. The number of thioether (sulfide) groups is 1. The third-order valence-electron chi connectivity index (χ3n) is 4.43. The van der Waals surface area contributed by atoms with Crippen molar-refractivity contribution in [3.05, 3.63) is 101 Å². The molecule has 148 valence electrons. The van der Waals surface area contributed by atoms with Crippen LogP contribution in [0.15, 0.2) is 94.8 Å². The van der Waals surface area contributed by atoms with Gasteiger partial charge in [0.05, 0.1) is 29.0 Å². The molecule has 0 unspecified atom stereocenters. The number of amides is 1. The summed E-state index contributed by atoms with van der Waals surface area (Å²) in [4.78, 5) is 31.7. The number of nitrogens with zero attached hydrogens (tertiary/aromatic N) is 2. The lowest BCUT2D eigenvalue weighted by molar-refractivity contribution is -0.113. The minimum absolute atomic E-state index is 0.141. The average molecular weight is 414 g/mol. The first kappa shape index (κ1) is 19.7. The van der Waals surface area contributed by atoms with E-state index in [0.29, 0.717) is 15.6 Å². The number of amidine groups is 1. The van der Waals surface area contributed by atoms with Crippen LogP contribution in [0.4, 0.5) is 11.4 Å². The number of para-hydroxylation sites is 2. The molecule has 0 saturated carbocycles. The fourth-order valence-electron chi connectivity index (χ4n) is 2.95. The third kappa shape index (κ3) is 4.18. The average Bonchev–Trinajstić information content (AvgIpc) is 3.09. The van der Waals surface area contributed by atoms with Crippen LogP contribution >= 0.6 is 11.8 Å². The predicted molar refractivity (Wildman–Crippen MR) is 121 cm³/mol. The molecule has 0 aromatic heterocycles. The highest BCUT2D eigenvalue weighted by atomic mass is 32.2. The lowest BCUT2D eigenvalue weighted by atomic mass is 10.1. The second-order valence-electron chi connectivity index (χ2n) is 6.43. The van der Waals surface area contributed by atoms with E-state index in [2.05, 4.69) is 4.99 Å². The van der Waals surface area contributed by atoms with Crippen molar-refractivity contribution in [2.24, 2.45) is 4.99 Å². The Morgan fingerprint density at radius 2 is 1.57 bits per heavy atom. The Morgan fingerprint density at radius 3 is 2.20 bits per heavy atom. The summed E-state index contributed by atoms with van der Waals surface area (Å²) in [6.45, 7) is 0. The number of methoxy groups -OCH3 is 1. The Morgan fingerprint density at radius 1 is 0.933 bits per heavy atom. The van der Waals surface area contributed by atoms with Crippen molar-refractivity contribution < 1.29 is 14.3 Å². The van der Waals surface area contributed by atoms with Crippen molar-refractivity contribution in [1.29, 1.82) is 0 Å². The van der Waals surface area contributed by atoms with Gasteiger partial charge in [0, 0.05) is 0 Å². The van der Waals surface area contributed by atoms with Gasteiger partial charge in [0.15, 0.2) is 5.17 Å². The highest BCUT2D eigenvalue weighted by molar-refractivity contribution is 8.19. The molecule has 1 aliphatic rings. The van der Waals surface area contributed by atoms with Gasteiger partial charge in [-0.15, -0.1) is 0 Å². The highest BCUT2D eigenvalue weighted by Crippen LogP contribution is 2.37. The van der Waals surface area contributed by atoms with Gasteiger partial charge in [0.25, 0.3) is 5.91 Å². The number of esters is 1. The molecule has 1 amide bonds. The maximum absolute atomic E-state index is 13.2. The number of ether oxygens (including phenoxy) is 1. The first-order chi connectivity index (χ1) is 14.7. The van der Waals surface area contributed by atoms with Gasteiger partial charge in [-0.3, -0.25) is 9.69 Å². The second-order valence-corrected chi connectivity index (χ2v) is 7.44. The predicted octanol–water partition coefficient (Wildman–Crippen LogP) is 5.28. The number of carbonyl (C=O) groups is 2. The number of anilines is 1. The van der Waals surface area contributed by atoms with Gasteiger partial charge in [-0.2, -0.15) is 0 Å². The quantitative estimate of drug-likeness (QED) is 0.430. The van der Waals surface area contributed by atoms with Crippen molar-refractivity contribution in [3.8, 4) is 0 Å². The summed E-state index contributed by atoms with van der Waals surface area (Å²) in [5, 5.41) is 0.592. The second kappa shape index (κ2) is 8.80. The molecule has 1 saturated heterocycles. The fraction of sp³-hybridized carbons (Fsp3) is 0.0417. The van der Waals surface area contributed by atoms with Crippen molar-refractivity contribution in [3.63, 3.8) is 0 Å². The number of hydrogen-bond donors (Lipinski definition) is 0. The van der Waals surface area contributed by atoms with E-state index in [1.807, 2.05) is 60.7 Å². The Balaban J connectivity index is 1.70. The fourth-order valence-corrected chi connectivity index (χ4v) is 3.95. The molecule has 5 nitrogen and oxygen atoms in total. The molecular weight excluding hydrogens is 396 g/mol. The van der Waals surface area contributed by atoms with Gasteiger partial charge in [-0.05, 0) is 59.8 Å². The van der Waals surface area contributed by atoms with Crippen molar-refractivity contribution in [2.75, 3.05) is 12.0 Å². The van der Waals surface area contributed by atoms with E-state index < -0.39 is 5.97 Å². The molecule has 3 aromatic rings. The van der Waals surface area contributed by atoms with Crippen LogP contribution in [-0.4, -0.2) is 24.2 Å². The summed E-state index contributed by atoms with van der Waals surface area (Å²) in [5.41, 5.74) is 2.81. The smallest absolute Gasteiger partial charge is 0.337 e. The monoisotopic (exact) mass is 414 g/mol. The number of benzene rings is 3. The summed E-state index contributed by atoms with van der Waals surface area (Å²) in [7, 11) is 1.35. The number of carbonyl (C=O) groups excluding carboxylic acids is 2. The molecule has 30 heavy (non-hydrogen) atoms. The number of rotatable bonds is 4. The molecule has 0 radical (unpaired) electrons. The molecule has 0 N–H and O–H groups in total. The van der Waals surface area contributed by atoms with Crippen LogP contribution in [0.1, 0.15) is 15.9 Å². The van der Waals surface area contributed by atoms with Gasteiger partial charge in [0.2, 0.25) is 0 Å². The third-order valence-corrected chi connectivity index (χ3v) is 5.40. The number of hydrogen-bond acceptors (Lipinski definition) is 5. The molecule has 1 fully saturated rings. The minimum Gasteiger partial charge on any atom is -0.465 e. The molecule has 1 aliphatic heterocycles. The van der Waals surface area contributed by atoms with Crippen LogP contribution < -0.4 is 4.90 Å². The van der Waals surface area contributed by atoms with Crippen molar-refractivity contribution in [2.45, 2.75) is 0 Å². The van der Waals surface area contributed by atoms with E-state index in [-0.39, 0.29) is 5.91 Å². The highest BCUT2D eigenvalue weighted by Gasteiger charge is 2.34. The van der Waals surface area contributed by atoms with Crippen LogP contribution in [0, 0.1) is 0 Å². The summed E-state index contributed by atoms with van der Waals surface area (Å²) >= 11 is 1.32. The molecule has 6 heteroatoms. The minimum atomic E-state index is -0.395. The normalized spacial score (nSPS) is 16.3. The van der Waals surface area contributed by atoms with E-state index in [4.69, 9.17) is 4.74 Å². The molecule has 0 aliphatic carbocycles. The van der Waals surface area contributed by atoms with Gasteiger partial charge in [0.1, 0.15) is 0 Å². The SMILES string of the molecule is COC(=O)c1ccc(/C=C2\SC(=Nc3ccccc3)N(c3ccccc3)C2=O)cc1. The maximum atomic E-state index is 13.2. The van der Waals surface area contributed by atoms with Crippen molar-refractivity contribution in [1.82, 2.24) is 0 Å². The van der Waals surface area contributed by atoms with E-state index in [1.54, 1.807) is 35.2 Å². The van der Waals surface area contributed by atoms with Gasteiger partial charge in [-0.1, -0.05) is 48.5 Å².